The van der Waals surface area contributed by atoms with Gasteiger partial charge in [0.05, 0.1) is 12.4 Å². The van der Waals surface area contributed by atoms with Crippen LogP contribution in [0.5, 0.6) is 5.75 Å². The first-order valence-corrected chi connectivity index (χ1v) is 8.01. The van der Waals surface area contributed by atoms with Gasteiger partial charge >= 0.3 is 0 Å². The van der Waals surface area contributed by atoms with Gasteiger partial charge in [0.25, 0.3) is 0 Å². The number of carbonyl (C=O) groups is 1. The van der Waals surface area contributed by atoms with Gasteiger partial charge in [0.2, 0.25) is 5.91 Å². The van der Waals surface area contributed by atoms with Crippen LogP contribution in [-0.2, 0) is 4.79 Å². The van der Waals surface area contributed by atoms with Gasteiger partial charge in [0.15, 0.2) is 0 Å². The third kappa shape index (κ3) is 5.92. The first kappa shape index (κ1) is 15.4. The molecule has 0 saturated carbocycles. The number of benzene rings is 2. The fourth-order valence-electron chi connectivity index (χ4n) is 1.82. The molecule has 110 valence electrons. The molecule has 2 rings (SSSR count). The number of aryl methyl sites for hydroxylation is 1. The van der Waals surface area contributed by atoms with Gasteiger partial charge in [0.1, 0.15) is 5.75 Å². The summed E-state index contributed by atoms with van der Waals surface area (Å²) in [7, 11) is 0. The minimum atomic E-state index is 0.0188. The summed E-state index contributed by atoms with van der Waals surface area (Å²) in [4.78, 5) is 11.8. The molecular formula is C17H19NO2S. The summed E-state index contributed by atoms with van der Waals surface area (Å²) in [6.45, 7) is 2.61. The van der Waals surface area contributed by atoms with Crippen molar-refractivity contribution in [3.8, 4) is 5.75 Å². The van der Waals surface area contributed by atoms with Crippen LogP contribution in [0.25, 0.3) is 0 Å². The van der Waals surface area contributed by atoms with Crippen molar-refractivity contribution in [2.75, 3.05) is 23.4 Å². The van der Waals surface area contributed by atoms with Crippen molar-refractivity contribution in [1.82, 2.24) is 0 Å². The van der Waals surface area contributed by atoms with Crippen molar-refractivity contribution in [3.05, 3.63) is 60.2 Å². The maximum atomic E-state index is 11.8. The van der Waals surface area contributed by atoms with Gasteiger partial charge in [-0.1, -0.05) is 30.3 Å². The van der Waals surface area contributed by atoms with Crippen molar-refractivity contribution in [1.29, 1.82) is 0 Å². The first-order chi connectivity index (χ1) is 10.2. The Balaban J connectivity index is 1.61. The third-order valence-corrected chi connectivity index (χ3v) is 3.70. The van der Waals surface area contributed by atoms with Gasteiger partial charge in [-0.3, -0.25) is 4.79 Å². The second-order valence-corrected chi connectivity index (χ2v) is 5.74. The number of nitrogens with one attached hydrogen (secondary N) is 1. The molecule has 0 spiro atoms. The lowest BCUT2D eigenvalue weighted by molar-refractivity contribution is -0.113. The Morgan fingerprint density at radius 1 is 1.14 bits per heavy atom. The molecule has 1 amide bonds. The van der Waals surface area contributed by atoms with E-state index in [1.807, 2.05) is 61.5 Å². The lowest BCUT2D eigenvalue weighted by atomic mass is 10.2. The summed E-state index contributed by atoms with van der Waals surface area (Å²) in [5, 5.41) is 2.89. The van der Waals surface area contributed by atoms with E-state index in [0.29, 0.717) is 12.4 Å². The monoisotopic (exact) mass is 301 g/mol. The summed E-state index contributed by atoms with van der Waals surface area (Å²) in [5.74, 6) is 2.11. The summed E-state index contributed by atoms with van der Waals surface area (Å²) in [6, 6.07) is 17.5. The molecule has 2 aromatic carbocycles. The SMILES string of the molecule is Cc1cccc(NC(=O)CSCCOc2ccccc2)c1. The Bertz CT molecular complexity index is 572. The number of rotatable bonds is 7. The van der Waals surface area contributed by atoms with Crippen LogP contribution in [0.2, 0.25) is 0 Å². The fourth-order valence-corrected chi connectivity index (χ4v) is 2.42. The highest BCUT2D eigenvalue weighted by molar-refractivity contribution is 7.99. The Morgan fingerprint density at radius 3 is 2.71 bits per heavy atom. The lowest BCUT2D eigenvalue weighted by Crippen LogP contribution is -2.15. The second kappa shape index (κ2) is 8.37. The van der Waals surface area contributed by atoms with Crippen LogP contribution in [0.15, 0.2) is 54.6 Å². The molecular weight excluding hydrogens is 282 g/mol. The molecule has 2 aromatic rings. The minimum absolute atomic E-state index is 0.0188. The lowest BCUT2D eigenvalue weighted by Gasteiger charge is -2.07. The van der Waals surface area contributed by atoms with Crippen LogP contribution in [-0.4, -0.2) is 24.0 Å². The van der Waals surface area contributed by atoms with E-state index in [2.05, 4.69) is 5.32 Å². The number of para-hydroxylation sites is 1. The predicted molar refractivity (Wildman–Crippen MR) is 89.1 cm³/mol. The van der Waals surface area contributed by atoms with Crippen LogP contribution in [0, 0.1) is 6.92 Å². The molecule has 0 atom stereocenters. The van der Waals surface area contributed by atoms with E-state index in [0.717, 1.165) is 22.8 Å². The van der Waals surface area contributed by atoms with Crippen LogP contribution in [0.3, 0.4) is 0 Å². The third-order valence-electron chi connectivity index (χ3n) is 2.77. The van der Waals surface area contributed by atoms with Crippen molar-refractivity contribution >= 4 is 23.4 Å². The maximum Gasteiger partial charge on any atom is 0.234 e. The van der Waals surface area contributed by atoms with Gasteiger partial charge < -0.3 is 10.1 Å². The molecule has 1 N–H and O–H groups in total. The highest BCUT2D eigenvalue weighted by Crippen LogP contribution is 2.11. The quantitative estimate of drug-likeness (QED) is 0.792. The van der Waals surface area contributed by atoms with E-state index in [9.17, 15) is 4.79 Å². The van der Waals surface area contributed by atoms with Crippen LogP contribution < -0.4 is 10.1 Å². The molecule has 0 unspecified atom stereocenters. The van der Waals surface area contributed by atoms with E-state index in [-0.39, 0.29) is 5.91 Å². The minimum Gasteiger partial charge on any atom is -0.493 e. The van der Waals surface area contributed by atoms with E-state index < -0.39 is 0 Å². The van der Waals surface area contributed by atoms with Gasteiger partial charge in [-0.15, -0.1) is 11.8 Å². The Hall–Kier alpha value is -1.94. The van der Waals surface area contributed by atoms with Gasteiger partial charge in [-0.2, -0.15) is 0 Å². The molecule has 0 aromatic heterocycles. The van der Waals surface area contributed by atoms with E-state index in [4.69, 9.17) is 4.74 Å². The largest absolute Gasteiger partial charge is 0.493 e. The summed E-state index contributed by atoms with van der Waals surface area (Å²) >= 11 is 1.57. The number of ether oxygens (including phenoxy) is 1. The van der Waals surface area contributed by atoms with Gasteiger partial charge in [0, 0.05) is 11.4 Å². The molecule has 0 aliphatic rings. The normalized spacial score (nSPS) is 10.1. The van der Waals surface area contributed by atoms with E-state index in [1.165, 1.54) is 0 Å². The molecule has 4 heteroatoms. The summed E-state index contributed by atoms with van der Waals surface area (Å²) in [5.41, 5.74) is 1.98. The number of thioether (sulfide) groups is 1. The van der Waals surface area contributed by atoms with Crippen molar-refractivity contribution in [2.45, 2.75) is 6.92 Å². The van der Waals surface area contributed by atoms with Gasteiger partial charge in [-0.25, -0.2) is 0 Å². The predicted octanol–water partition coefficient (Wildman–Crippen LogP) is 3.75. The Labute approximate surface area is 129 Å². The number of hydrogen-bond donors (Lipinski definition) is 1. The molecule has 0 aliphatic carbocycles. The molecule has 0 fully saturated rings. The van der Waals surface area contributed by atoms with Crippen molar-refractivity contribution in [2.24, 2.45) is 0 Å². The molecule has 3 nitrogen and oxygen atoms in total. The van der Waals surface area contributed by atoms with Crippen LogP contribution in [0.4, 0.5) is 5.69 Å². The molecule has 0 aliphatic heterocycles. The van der Waals surface area contributed by atoms with Crippen LogP contribution in [0.1, 0.15) is 5.56 Å². The van der Waals surface area contributed by atoms with Crippen LogP contribution >= 0.6 is 11.8 Å². The van der Waals surface area contributed by atoms with Gasteiger partial charge in [-0.05, 0) is 36.8 Å². The smallest absolute Gasteiger partial charge is 0.234 e. The van der Waals surface area contributed by atoms with Crippen molar-refractivity contribution in [3.63, 3.8) is 0 Å². The molecule has 0 radical (unpaired) electrons. The maximum absolute atomic E-state index is 11.8. The average Bonchev–Trinajstić information content (AvgIpc) is 2.48. The molecule has 0 bridgehead atoms. The first-order valence-electron chi connectivity index (χ1n) is 6.86. The standard InChI is InChI=1S/C17H19NO2S/c1-14-6-5-7-15(12-14)18-17(19)13-21-11-10-20-16-8-3-2-4-9-16/h2-9,12H,10-11,13H2,1H3,(H,18,19). The molecule has 0 saturated heterocycles. The summed E-state index contributed by atoms with van der Waals surface area (Å²) in [6.07, 6.45) is 0. The zero-order valence-electron chi connectivity index (χ0n) is 12.0. The number of carbonyl (C=O) groups excluding carboxylic acids is 1. The Kier molecular flexibility index (Phi) is 6.16. The highest BCUT2D eigenvalue weighted by Gasteiger charge is 2.02. The highest BCUT2D eigenvalue weighted by atomic mass is 32.2. The summed E-state index contributed by atoms with van der Waals surface area (Å²) < 4.78 is 5.57. The Morgan fingerprint density at radius 2 is 1.95 bits per heavy atom. The number of amides is 1. The number of anilines is 1. The van der Waals surface area contributed by atoms with E-state index in [1.54, 1.807) is 11.8 Å². The number of hydrogen-bond acceptors (Lipinski definition) is 3. The topological polar surface area (TPSA) is 38.3 Å². The molecule has 0 heterocycles. The molecule has 21 heavy (non-hydrogen) atoms. The fraction of sp³-hybridized carbons (Fsp3) is 0.235. The second-order valence-electron chi connectivity index (χ2n) is 4.63. The zero-order valence-corrected chi connectivity index (χ0v) is 12.9. The van der Waals surface area contributed by atoms with E-state index >= 15 is 0 Å². The average molecular weight is 301 g/mol. The van der Waals surface area contributed by atoms with Crippen molar-refractivity contribution < 1.29 is 9.53 Å². The zero-order chi connectivity index (χ0) is 14.9.